The molecule has 0 spiro atoms. The van der Waals surface area contributed by atoms with Crippen molar-refractivity contribution in [3.63, 3.8) is 0 Å². The molecule has 2 unspecified atom stereocenters. The van der Waals surface area contributed by atoms with Crippen molar-refractivity contribution in [2.75, 3.05) is 7.05 Å². The molecule has 1 aliphatic rings. The van der Waals surface area contributed by atoms with Gasteiger partial charge in [-0.1, -0.05) is 13.3 Å². The molecule has 1 saturated carbocycles. The number of nitrogens with one attached hydrogen (secondary N) is 2. The second-order valence-corrected chi connectivity index (χ2v) is 3.06. The third-order valence-electron chi connectivity index (χ3n) is 2.20. The molecule has 2 amide bonds. The Bertz CT molecular complexity index is 203. The smallest absolute Gasteiger partial charge is 0.309 e. The zero-order valence-electron chi connectivity index (χ0n) is 7.39. The fraction of sp³-hybridized carbons (Fsp3) is 0.750. The molecule has 0 heterocycles. The van der Waals surface area contributed by atoms with E-state index in [4.69, 9.17) is 0 Å². The molecule has 68 valence electrons. The lowest BCUT2D eigenvalue weighted by Crippen LogP contribution is -2.39. The predicted molar refractivity (Wildman–Crippen MR) is 44.4 cm³/mol. The van der Waals surface area contributed by atoms with Crippen molar-refractivity contribution < 1.29 is 9.59 Å². The van der Waals surface area contributed by atoms with Crippen LogP contribution in [0.5, 0.6) is 0 Å². The van der Waals surface area contributed by atoms with Gasteiger partial charge in [0.25, 0.3) is 0 Å². The summed E-state index contributed by atoms with van der Waals surface area (Å²) < 4.78 is 0. The number of carbonyl (C=O) groups is 2. The molecule has 12 heavy (non-hydrogen) atoms. The van der Waals surface area contributed by atoms with E-state index in [0.29, 0.717) is 5.92 Å². The highest BCUT2D eigenvalue weighted by Crippen LogP contribution is 2.32. The van der Waals surface area contributed by atoms with Crippen molar-refractivity contribution in [3.8, 4) is 0 Å². The maximum atomic E-state index is 11.0. The maximum Gasteiger partial charge on any atom is 0.309 e. The van der Waals surface area contributed by atoms with Gasteiger partial charge >= 0.3 is 11.8 Å². The number of hydrogen-bond donors (Lipinski definition) is 2. The van der Waals surface area contributed by atoms with Gasteiger partial charge in [-0.05, 0) is 12.3 Å². The zero-order chi connectivity index (χ0) is 9.14. The van der Waals surface area contributed by atoms with Crippen molar-refractivity contribution in [2.24, 2.45) is 5.92 Å². The molecule has 0 aliphatic heterocycles. The van der Waals surface area contributed by atoms with Crippen molar-refractivity contribution in [2.45, 2.75) is 25.8 Å². The molecule has 0 aromatic carbocycles. The van der Waals surface area contributed by atoms with E-state index in [1.54, 1.807) is 0 Å². The minimum Gasteiger partial charge on any atom is -0.351 e. The summed E-state index contributed by atoms with van der Waals surface area (Å²) in [6.07, 6.45) is 2.08. The van der Waals surface area contributed by atoms with Crippen LogP contribution in [-0.4, -0.2) is 24.9 Å². The molecule has 0 saturated heterocycles. The van der Waals surface area contributed by atoms with E-state index >= 15 is 0 Å². The van der Waals surface area contributed by atoms with Crippen LogP contribution < -0.4 is 10.6 Å². The fourth-order valence-corrected chi connectivity index (χ4v) is 1.22. The predicted octanol–water partition coefficient (Wildman–Crippen LogP) is -0.353. The first-order valence-corrected chi connectivity index (χ1v) is 4.21. The minimum atomic E-state index is -0.559. The summed E-state index contributed by atoms with van der Waals surface area (Å²) in [5.74, 6) is -0.492. The van der Waals surface area contributed by atoms with Crippen LogP contribution >= 0.6 is 0 Å². The molecule has 0 radical (unpaired) electrons. The zero-order valence-corrected chi connectivity index (χ0v) is 7.39. The van der Waals surface area contributed by atoms with E-state index < -0.39 is 11.8 Å². The van der Waals surface area contributed by atoms with Crippen molar-refractivity contribution in [3.05, 3.63) is 0 Å². The average Bonchev–Trinajstić information content (AvgIpc) is 2.81. The van der Waals surface area contributed by atoms with Gasteiger partial charge in [-0.2, -0.15) is 0 Å². The standard InChI is InChI=1S/C8H14N2O2/c1-3-5-4-6(5)10-8(12)7(11)9-2/h5-6H,3-4H2,1-2H3,(H,9,11)(H,10,12). The highest BCUT2D eigenvalue weighted by molar-refractivity contribution is 6.35. The summed E-state index contributed by atoms with van der Waals surface area (Å²) >= 11 is 0. The van der Waals surface area contributed by atoms with Gasteiger partial charge in [0.05, 0.1) is 0 Å². The lowest BCUT2D eigenvalue weighted by molar-refractivity contribution is -0.139. The summed E-state index contributed by atoms with van der Waals surface area (Å²) in [6, 6.07) is 0.236. The normalized spacial score (nSPS) is 26.2. The fourth-order valence-electron chi connectivity index (χ4n) is 1.22. The molecule has 2 atom stereocenters. The Morgan fingerprint density at radius 2 is 2.08 bits per heavy atom. The SMILES string of the molecule is CCC1CC1NC(=O)C(=O)NC. The quantitative estimate of drug-likeness (QED) is 0.556. The summed E-state index contributed by atoms with van der Waals surface area (Å²) in [7, 11) is 1.45. The second-order valence-electron chi connectivity index (χ2n) is 3.06. The number of hydrogen-bond acceptors (Lipinski definition) is 2. The molecule has 4 nitrogen and oxygen atoms in total. The Balaban J connectivity index is 2.24. The van der Waals surface area contributed by atoms with Crippen LogP contribution in [-0.2, 0) is 9.59 Å². The molecular weight excluding hydrogens is 156 g/mol. The van der Waals surface area contributed by atoms with Gasteiger partial charge in [0, 0.05) is 13.1 Å². The van der Waals surface area contributed by atoms with Gasteiger partial charge < -0.3 is 10.6 Å². The van der Waals surface area contributed by atoms with Crippen LogP contribution in [0.25, 0.3) is 0 Å². The molecule has 1 rings (SSSR count). The van der Waals surface area contributed by atoms with E-state index in [9.17, 15) is 9.59 Å². The van der Waals surface area contributed by atoms with E-state index in [2.05, 4.69) is 17.6 Å². The van der Waals surface area contributed by atoms with Gasteiger partial charge in [0.1, 0.15) is 0 Å². The van der Waals surface area contributed by atoms with Gasteiger partial charge in [-0.25, -0.2) is 0 Å². The van der Waals surface area contributed by atoms with Crippen LogP contribution in [0.4, 0.5) is 0 Å². The summed E-state index contributed by atoms with van der Waals surface area (Å²) in [5, 5.41) is 4.93. The van der Waals surface area contributed by atoms with Gasteiger partial charge in [0.2, 0.25) is 0 Å². The highest BCUT2D eigenvalue weighted by atomic mass is 16.2. The molecule has 4 heteroatoms. The third kappa shape index (κ3) is 1.96. The lowest BCUT2D eigenvalue weighted by atomic mass is 10.3. The summed E-state index contributed by atoms with van der Waals surface area (Å²) in [5.41, 5.74) is 0. The first-order valence-electron chi connectivity index (χ1n) is 4.21. The van der Waals surface area contributed by atoms with Crippen molar-refractivity contribution in [1.29, 1.82) is 0 Å². The van der Waals surface area contributed by atoms with E-state index in [-0.39, 0.29) is 6.04 Å². The van der Waals surface area contributed by atoms with Gasteiger partial charge in [0.15, 0.2) is 0 Å². The lowest BCUT2D eigenvalue weighted by Gasteiger charge is -2.01. The maximum absolute atomic E-state index is 11.0. The molecule has 1 aliphatic carbocycles. The van der Waals surface area contributed by atoms with Crippen LogP contribution in [0.3, 0.4) is 0 Å². The van der Waals surface area contributed by atoms with Gasteiger partial charge in [-0.3, -0.25) is 9.59 Å². The number of rotatable bonds is 2. The van der Waals surface area contributed by atoms with Gasteiger partial charge in [-0.15, -0.1) is 0 Å². The monoisotopic (exact) mass is 170 g/mol. The average molecular weight is 170 g/mol. The minimum absolute atomic E-state index is 0.236. The number of likely N-dealkylation sites (N-methyl/N-ethyl adjacent to an activating group) is 1. The molecule has 1 fully saturated rings. The molecule has 0 bridgehead atoms. The molecule has 0 aromatic rings. The van der Waals surface area contributed by atoms with Crippen LogP contribution in [0.1, 0.15) is 19.8 Å². The first-order chi connectivity index (χ1) is 5.69. The topological polar surface area (TPSA) is 58.2 Å². The third-order valence-corrected chi connectivity index (χ3v) is 2.20. The Morgan fingerprint density at radius 3 is 2.50 bits per heavy atom. The van der Waals surface area contributed by atoms with Crippen LogP contribution in [0.2, 0.25) is 0 Å². The summed E-state index contributed by atoms with van der Waals surface area (Å²) in [6.45, 7) is 2.08. The summed E-state index contributed by atoms with van der Waals surface area (Å²) in [4.78, 5) is 21.7. The van der Waals surface area contributed by atoms with Crippen molar-refractivity contribution in [1.82, 2.24) is 10.6 Å². The molecular formula is C8H14N2O2. The number of amides is 2. The Hall–Kier alpha value is -1.06. The van der Waals surface area contributed by atoms with Crippen LogP contribution in [0, 0.1) is 5.92 Å². The van der Waals surface area contributed by atoms with Crippen molar-refractivity contribution >= 4 is 11.8 Å². The van der Waals surface area contributed by atoms with E-state index in [0.717, 1.165) is 12.8 Å². The molecule has 2 N–H and O–H groups in total. The van der Waals surface area contributed by atoms with Crippen LogP contribution in [0.15, 0.2) is 0 Å². The Kier molecular flexibility index (Phi) is 2.68. The Morgan fingerprint density at radius 1 is 1.42 bits per heavy atom. The molecule has 0 aromatic heterocycles. The second kappa shape index (κ2) is 3.56. The van der Waals surface area contributed by atoms with E-state index in [1.807, 2.05) is 0 Å². The highest BCUT2D eigenvalue weighted by Gasteiger charge is 2.37. The van der Waals surface area contributed by atoms with E-state index in [1.165, 1.54) is 7.05 Å². The first kappa shape index (κ1) is 9.03. The Labute approximate surface area is 71.7 Å². The largest absolute Gasteiger partial charge is 0.351 e. The number of carbonyl (C=O) groups excluding carboxylic acids is 2.